The second-order valence-corrected chi connectivity index (χ2v) is 4.49. The van der Waals surface area contributed by atoms with Gasteiger partial charge in [0.25, 0.3) is 0 Å². The molecule has 0 saturated carbocycles. The molecular formula is C15H12ClFO. The van der Waals surface area contributed by atoms with E-state index in [9.17, 15) is 9.18 Å². The molecule has 3 heteroatoms. The van der Waals surface area contributed by atoms with Crippen molar-refractivity contribution in [2.45, 2.75) is 12.8 Å². The lowest BCUT2D eigenvalue weighted by atomic mass is 9.92. The molecule has 0 aromatic heterocycles. The molecule has 0 heterocycles. The van der Waals surface area contributed by atoms with Crippen molar-refractivity contribution in [2.24, 2.45) is 0 Å². The van der Waals surface area contributed by atoms with Gasteiger partial charge in [-0.25, -0.2) is 4.39 Å². The third kappa shape index (κ3) is 2.29. The lowest BCUT2D eigenvalue weighted by molar-refractivity contribution is -0.108. The van der Waals surface area contributed by atoms with E-state index in [0.29, 0.717) is 5.56 Å². The van der Waals surface area contributed by atoms with E-state index in [-0.39, 0.29) is 5.02 Å². The average molecular weight is 263 g/mol. The topological polar surface area (TPSA) is 17.1 Å². The third-order valence-electron chi connectivity index (χ3n) is 2.88. The van der Waals surface area contributed by atoms with E-state index in [0.717, 1.165) is 17.4 Å². The van der Waals surface area contributed by atoms with E-state index in [1.54, 1.807) is 13.0 Å². The lowest BCUT2D eigenvalue weighted by Gasteiger charge is -2.14. The maximum absolute atomic E-state index is 13.5. The van der Waals surface area contributed by atoms with Gasteiger partial charge in [0, 0.05) is 5.92 Å². The molecule has 0 aliphatic heterocycles. The molecule has 0 N–H and O–H groups in total. The van der Waals surface area contributed by atoms with Crippen molar-refractivity contribution in [2.75, 3.05) is 0 Å². The van der Waals surface area contributed by atoms with Gasteiger partial charge in [0.05, 0.1) is 5.02 Å². The molecule has 0 radical (unpaired) electrons. The fourth-order valence-electron chi connectivity index (χ4n) is 1.95. The van der Waals surface area contributed by atoms with Gasteiger partial charge in [0.15, 0.2) is 0 Å². The van der Waals surface area contributed by atoms with Crippen LogP contribution < -0.4 is 0 Å². The molecule has 2 aromatic carbocycles. The summed E-state index contributed by atoms with van der Waals surface area (Å²) in [6.07, 6.45) is 0.771. The van der Waals surface area contributed by atoms with Crippen molar-refractivity contribution in [1.82, 2.24) is 0 Å². The summed E-state index contributed by atoms with van der Waals surface area (Å²) in [5.41, 5.74) is 2.25. The van der Waals surface area contributed by atoms with Crippen molar-refractivity contribution >= 4 is 17.9 Å². The zero-order chi connectivity index (χ0) is 13.1. The number of carbonyl (C=O) groups is 1. The molecule has 0 saturated heterocycles. The highest BCUT2D eigenvalue weighted by atomic mass is 35.5. The molecular weight excluding hydrogens is 251 g/mol. The molecule has 1 nitrogen and oxygen atoms in total. The quantitative estimate of drug-likeness (QED) is 0.747. The molecule has 1 unspecified atom stereocenters. The van der Waals surface area contributed by atoms with Crippen LogP contribution in [0.5, 0.6) is 0 Å². The van der Waals surface area contributed by atoms with Gasteiger partial charge in [0.2, 0.25) is 0 Å². The Labute approximate surface area is 110 Å². The van der Waals surface area contributed by atoms with Crippen LogP contribution in [0, 0.1) is 5.82 Å². The van der Waals surface area contributed by atoms with Gasteiger partial charge in [-0.05, 0) is 22.8 Å². The van der Waals surface area contributed by atoms with Crippen molar-refractivity contribution < 1.29 is 9.18 Å². The van der Waals surface area contributed by atoms with Crippen LogP contribution in [0.25, 0.3) is 11.1 Å². The normalized spacial score (nSPS) is 12.2. The first-order valence-corrected chi connectivity index (χ1v) is 6.01. The summed E-state index contributed by atoms with van der Waals surface area (Å²) >= 11 is 5.99. The fourth-order valence-corrected chi connectivity index (χ4v) is 2.29. The molecule has 0 aliphatic carbocycles. The van der Waals surface area contributed by atoms with E-state index in [2.05, 4.69) is 0 Å². The number of halogens is 2. The largest absolute Gasteiger partial charge is 0.303 e. The highest BCUT2D eigenvalue weighted by Gasteiger charge is 2.18. The second kappa shape index (κ2) is 5.32. The number of benzene rings is 2. The first-order chi connectivity index (χ1) is 8.65. The Kier molecular flexibility index (Phi) is 3.78. The van der Waals surface area contributed by atoms with Crippen molar-refractivity contribution in [3.63, 3.8) is 0 Å². The summed E-state index contributed by atoms with van der Waals surface area (Å²) in [4.78, 5) is 11.0. The van der Waals surface area contributed by atoms with Gasteiger partial charge < -0.3 is 4.79 Å². The molecule has 2 rings (SSSR count). The van der Waals surface area contributed by atoms with E-state index in [1.165, 1.54) is 6.07 Å². The van der Waals surface area contributed by atoms with E-state index in [1.807, 2.05) is 30.3 Å². The summed E-state index contributed by atoms with van der Waals surface area (Å²) in [6.45, 7) is 1.71. The van der Waals surface area contributed by atoms with Crippen LogP contribution in [0.1, 0.15) is 18.4 Å². The van der Waals surface area contributed by atoms with Gasteiger partial charge in [0.1, 0.15) is 12.1 Å². The molecule has 0 spiro atoms. The summed E-state index contributed by atoms with van der Waals surface area (Å²) in [5.74, 6) is -0.941. The molecule has 18 heavy (non-hydrogen) atoms. The van der Waals surface area contributed by atoms with Crippen molar-refractivity contribution in [3.05, 3.63) is 58.9 Å². The minimum atomic E-state index is -0.500. The number of aldehydes is 1. The summed E-state index contributed by atoms with van der Waals surface area (Å²) < 4.78 is 13.5. The lowest BCUT2D eigenvalue weighted by Crippen LogP contribution is -2.00. The Morgan fingerprint density at radius 1 is 1.17 bits per heavy atom. The Morgan fingerprint density at radius 2 is 1.83 bits per heavy atom. The smallest absolute Gasteiger partial charge is 0.142 e. The molecule has 0 fully saturated rings. The summed E-state index contributed by atoms with van der Waals surface area (Å²) in [5, 5.41) is 0.0240. The van der Waals surface area contributed by atoms with Gasteiger partial charge in [-0.2, -0.15) is 0 Å². The Hall–Kier alpha value is -1.67. The van der Waals surface area contributed by atoms with Crippen molar-refractivity contribution in [1.29, 1.82) is 0 Å². The van der Waals surface area contributed by atoms with Gasteiger partial charge in [-0.15, -0.1) is 0 Å². The van der Waals surface area contributed by atoms with Gasteiger partial charge in [-0.1, -0.05) is 54.9 Å². The Morgan fingerprint density at radius 3 is 2.44 bits per heavy atom. The minimum absolute atomic E-state index is 0.0240. The number of hydrogen-bond acceptors (Lipinski definition) is 1. The molecule has 1 atom stereocenters. The highest BCUT2D eigenvalue weighted by molar-refractivity contribution is 6.32. The monoisotopic (exact) mass is 262 g/mol. The maximum atomic E-state index is 13.5. The van der Waals surface area contributed by atoms with Crippen molar-refractivity contribution in [3.8, 4) is 11.1 Å². The Bertz CT molecular complexity index is 566. The van der Waals surface area contributed by atoms with Crippen LogP contribution in [0.3, 0.4) is 0 Å². The molecule has 2 aromatic rings. The van der Waals surface area contributed by atoms with Crippen LogP contribution in [0.2, 0.25) is 5.02 Å². The minimum Gasteiger partial charge on any atom is -0.303 e. The predicted molar refractivity (Wildman–Crippen MR) is 71.3 cm³/mol. The maximum Gasteiger partial charge on any atom is 0.142 e. The zero-order valence-electron chi connectivity index (χ0n) is 9.86. The molecule has 0 aliphatic rings. The third-order valence-corrected chi connectivity index (χ3v) is 3.26. The highest BCUT2D eigenvalue weighted by Crippen LogP contribution is 2.35. The SMILES string of the molecule is CC(C=O)c1c(-c2ccccc2)ccc(F)c1Cl. The van der Waals surface area contributed by atoms with Crippen LogP contribution in [0.15, 0.2) is 42.5 Å². The van der Waals surface area contributed by atoms with Gasteiger partial charge >= 0.3 is 0 Å². The fraction of sp³-hybridized carbons (Fsp3) is 0.133. The summed E-state index contributed by atoms with van der Waals surface area (Å²) in [7, 11) is 0. The number of rotatable bonds is 3. The van der Waals surface area contributed by atoms with Crippen LogP contribution in [-0.2, 0) is 4.79 Å². The zero-order valence-corrected chi connectivity index (χ0v) is 10.6. The molecule has 0 amide bonds. The van der Waals surface area contributed by atoms with Crippen LogP contribution in [-0.4, -0.2) is 6.29 Å². The summed E-state index contributed by atoms with van der Waals surface area (Å²) in [6, 6.07) is 12.5. The Balaban J connectivity index is 2.68. The number of carbonyl (C=O) groups excluding carboxylic acids is 1. The first-order valence-electron chi connectivity index (χ1n) is 5.63. The number of hydrogen-bond donors (Lipinski definition) is 0. The molecule has 92 valence electrons. The standard InChI is InChI=1S/C15H12ClFO/c1-10(9-18)14-12(7-8-13(17)15(14)16)11-5-3-2-4-6-11/h2-10H,1H3. The van der Waals surface area contributed by atoms with E-state index in [4.69, 9.17) is 11.6 Å². The van der Waals surface area contributed by atoms with Gasteiger partial charge in [-0.3, -0.25) is 0 Å². The molecule has 0 bridgehead atoms. The van der Waals surface area contributed by atoms with Crippen LogP contribution in [0.4, 0.5) is 4.39 Å². The van der Waals surface area contributed by atoms with E-state index >= 15 is 0 Å². The van der Waals surface area contributed by atoms with E-state index < -0.39 is 11.7 Å². The predicted octanol–water partition coefficient (Wildman–Crippen LogP) is 4.45. The average Bonchev–Trinajstić information content (AvgIpc) is 2.42. The first kappa shape index (κ1) is 12.8. The second-order valence-electron chi connectivity index (χ2n) is 4.11. The van der Waals surface area contributed by atoms with Crippen LogP contribution >= 0.6 is 11.6 Å².